The molecule has 1 aromatic rings. The Balaban J connectivity index is 3.53. The van der Waals surface area contributed by atoms with Gasteiger partial charge in [0, 0.05) is 12.5 Å². The van der Waals surface area contributed by atoms with E-state index in [2.05, 4.69) is 0 Å². The molecule has 0 aliphatic carbocycles. The maximum atomic E-state index is 11.1. The number of rotatable bonds is 3. The highest BCUT2D eigenvalue weighted by Crippen LogP contribution is 2.34. The topological polar surface area (TPSA) is 72.8 Å². The van der Waals surface area contributed by atoms with Crippen LogP contribution in [0.4, 0.5) is 0 Å². The number of aromatic carboxylic acids is 1. The Bertz CT molecular complexity index is 476. The predicted molar refractivity (Wildman–Crippen MR) is 60.7 cm³/mol. The van der Waals surface area contributed by atoms with Gasteiger partial charge in [0.15, 0.2) is 5.75 Å². The molecule has 0 fully saturated rings. The number of hydrogen-bond donors (Lipinski definition) is 1. The van der Waals surface area contributed by atoms with Gasteiger partial charge in [-0.05, 0) is 25.5 Å². The highest BCUT2D eigenvalue weighted by atomic mass is 16.5. The molecule has 17 heavy (non-hydrogen) atoms. The van der Waals surface area contributed by atoms with Crippen LogP contribution >= 0.6 is 0 Å². The van der Waals surface area contributed by atoms with Crippen molar-refractivity contribution in [1.29, 1.82) is 0 Å². The summed E-state index contributed by atoms with van der Waals surface area (Å²) in [6, 6.07) is 1.60. The van der Waals surface area contributed by atoms with Crippen LogP contribution in [0.3, 0.4) is 0 Å². The number of benzene rings is 1. The molecule has 0 heterocycles. The molecule has 5 nitrogen and oxygen atoms in total. The third-order valence-corrected chi connectivity index (χ3v) is 2.36. The molecular weight excluding hydrogens is 224 g/mol. The van der Waals surface area contributed by atoms with E-state index in [-0.39, 0.29) is 11.3 Å². The van der Waals surface area contributed by atoms with E-state index in [0.717, 1.165) is 0 Å². The van der Waals surface area contributed by atoms with Gasteiger partial charge in [0.1, 0.15) is 11.3 Å². The molecule has 1 N–H and O–H groups in total. The van der Waals surface area contributed by atoms with Crippen molar-refractivity contribution in [1.82, 2.24) is 0 Å². The van der Waals surface area contributed by atoms with E-state index in [4.69, 9.17) is 14.6 Å². The van der Waals surface area contributed by atoms with Crippen molar-refractivity contribution in [3.8, 4) is 11.5 Å². The van der Waals surface area contributed by atoms with Crippen LogP contribution in [-0.4, -0.2) is 24.2 Å². The minimum atomic E-state index is -1.13. The highest BCUT2D eigenvalue weighted by molar-refractivity contribution is 5.94. The molecule has 0 saturated carbocycles. The summed E-state index contributed by atoms with van der Waals surface area (Å²) in [5.41, 5.74) is 0.959. The summed E-state index contributed by atoms with van der Waals surface area (Å²) in [5, 5.41) is 9.12. The minimum Gasteiger partial charge on any atom is -0.496 e. The molecule has 92 valence electrons. The van der Waals surface area contributed by atoms with E-state index in [1.165, 1.54) is 14.0 Å². The van der Waals surface area contributed by atoms with E-state index < -0.39 is 11.9 Å². The Kier molecular flexibility index (Phi) is 3.73. The Labute approximate surface area is 99.0 Å². The molecule has 0 radical (unpaired) electrons. The summed E-state index contributed by atoms with van der Waals surface area (Å²) in [7, 11) is 1.47. The van der Waals surface area contributed by atoms with Gasteiger partial charge in [-0.1, -0.05) is 0 Å². The molecular formula is C12H14O5. The van der Waals surface area contributed by atoms with Crippen LogP contribution in [0.5, 0.6) is 11.5 Å². The molecule has 0 aliphatic rings. The van der Waals surface area contributed by atoms with Crippen molar-refractivity contribution in [2.24, 2.45) is 0 Å². The number of carboxylic acids is 1. The summed E-state index contributed by atoms with van der Waals surface area (Å²) in [5.74, 6) is -1.17. The lowest BCUT2D eigenvalue weighted by molar-refractivity contribution is -0.131. The lowest BCUT2D eigenvalue weighted by Crippen LogP contribution is -2.11. The van der Waals surface area contributed by atoms with Gasteiger partial charge in [-0.2, -0.15) is 0 Å². The van der Waals surface area contributed by atoms with Crippen LogP contribution < -0.4 is 9.47 Å². The average molecular weight is 238 g/mol. The summed E-state index contributed by atoms with van der Waals surface area (Å²) in [6.07, 6.45) is 0. The predicted octanol–water partition coefficient (Wildman–Crippen LogP) is 1.94. The van der Waals surface area contributed by atoms with Gasteiger partial charge >= 0.3 is 11.9 Å². The van der Waals surface area contributed by atoms with Crippen molar-refractivity contribution in [3.05, 3.63) is 22.8 Å². The van der Waals surface area contributed by atoms with Gasteiger partial charge < -0.3 is 14.6 Å². The monoisotopic (exact) mass is 238 g/mol. The van der Waals surface area contributed by atoms with E-state index in [0.29, 0.717) is 16.9 Å². The van der Waals surface area contributed by atoms with Crippen LogP contribution in [0.25, 0.3) is 0 Å². The fourth-order valence-electron chi connectivity index (χ4n) is 1.60. The second kappa shape index (κ2) is 4.86. The molecule has 0 bridgehead atoms. The van der Waals surface area contributed by atoms with E-state index in [1.54, 1.807) is 19.9 Å². The SMILES string of the molecule is COc1cc(C)c(C(=O)O)c(OC(C)=O)c1C. The van der Waals surface area contributed by atoms with Gasteiger partial charge in [0.25, 0.3) is 0 Å². The van der Waals surface area contributed by atoms with Crippen molar-refractivity contribution in [3.63, 3.8) is 0 Å². The molecule has 0 amide bonds. The second-order valence-corrected chi connectivity index (χ2v) is 3.62. The van der Waals surface area contributed by atoms with E-state index >= 15 is 0 Å². The lowest BCUT2D eigenvalue weighted by atomic mass is 10.0. The standard InChI is InChI=1S/C12H14O5/c1-6-5-9(16-4)7(2)11(17-8(3)13)10(6)12(14)15/h5H,1-4H3,(H,14,15). The van der Waals surface area contributed by atoms with E-state index in [9.17, 15) is 9.59 Å². The van der Waals surface area contributed by atoms with Crippen LogP contribution in [-0.2, 0) is 4.79 Å². The number of methoxy groups -OCH3 is 1. The Morgan fingerprint density at radius 2 is 1.88 bits per heavy atom. The van der Waals surface area contributed by atoms with Gasteiger partial charge in [-0.3, -0.25) is 4.79 Å². The van der Waals surface area contributed by atoms with Crippen LogP contribution in [0.1, 0.15) is 28.4 Å². The molecule has 1 aromatic carbocycles. The van der Waals surface area contributed by atoms with Crippen LogP contribution in [0.15, 0.2) is 6.07 Å². The number of hydrogen-bond acceptors (Lipinski definition) is 4. The number of aryl methyl sites for hydroxylation is 1. The normalized spacial score (nSPS) is 9.88. The summed E-state index contributed by atoms with van der Waals surface area (Å²) >= 11 is 0. The van der Waals surface area contributed by atoms with Crippen molar-refractivity contribution in [2.45, 2.75) is 20.8 Å². The zero-order valence-electron chi connectivity index (χ0n) is 10.2. The minimum absolute atomic E-state index is 0.0153. The number of ether oxygens (including phenoxy) is 2. The largest absolute Gasteiger partial charge is 0.496 e. The summed E-state index contributed by atoms with van der Waals surface area (Å²) in [6.45, 7) is 4.49. The Morgan fingerprint density at radius 1 is 1.29 bits per heavy atom. The van der Waals surface area contributed by atoms with Crippen LogP contribution in [0.2, 0.25) is 0 Å². The maximum absolute atomic E-state index is 11.1. The maximum Gasteiger partial charge on any atom is 0.339 e. The highest BCUT2D eigenvalue weighted by Gasteiger charge is 2.21. The molecule has 0 aromatic heterocycles. The smallest absolute Gasteiger partial charge is 0.339 e. The van der Waals surface area contributed by atoms with Crippen LogP contribution in [0, 0.1) is 13.8 Å². The van der Waals surface area contributed by atoms with Crippen molar-refractivity contribution < 1.29 is 24.2 Å². The third kappa shape index (κ3) is 2.55. The van der Waals surface area contributed by atoms with Gasteiger partial charge in [-0.15, -0.1) is 0 Å². The zero-order chi connectivity index (χ0) is 13.2. The molecule has 0 unspecified atom stereocenters. The summed E-state index contributed by atoms with van der Waals surface area (Å²) < 4.78 is 10.1. The number of carbonyl (C=O) groups is 2. The average Bonchev–Trinajstić information content (AvgIpc) is 2.21. The molecule has 0 spiro atoms. The van der Waals surface area contributed by atoms with Gasteiger partial charge in [-0.25, -0.2) is 4.79 Å². The quantitative estimate of drug-likeness (QED) is 0.643. The number of esters is 1. The molecule has 1 rings (SSSR count). The first kappa shape index (κ1) is 13.0. The first-order chi connectivity index (χ1) is 7.88. The number of carboxylic acid groups (broad SMARTS) is 1. The fraction of sp³-hybridized carbons (Fsp3) is 0.333. The zero-order valence-corrected chi connectivity index (χ0v) is 10.2. The number of carbonyl (C=O) groups excluding carboxylic acids is 1. The first-order valence-electron chi connectivity index (χ1n) is 4.98. The first-order valence-corrected chi connectivity index (χ1v) is 4.98. The van der Waals surface area contributed by atoms with Gasteiger partial charge in [0.05, 0.1) is 7.11 Å². The van der Waals surface area contributed by atoms with Gasteiger partial charge in [0.2, 0.25) is 0 Å². The lowest BCUT2D eigenvalue weighted by Gasteiger charge is -2.14. The Hall–Kier alpha value is -2.04. The molecule has 0 atom stereocenters. The van der Waals surface area contributed by atoms with Crippen molar-refractivity contribution in [2.75, 3.05) is 7.11 Å². The molecule has 5 heteroatoms. The second-order valence-electron chi connectivity index (χ2n) is 3.62. The third-order valence-electron chi connectivity index (χ3n) is 2.36. The van der Waals surface area contributed by atoms with Crippen molar-refractivity contribution >= 4 is 11.9 Å². The summed E-state index contributed by atoms with van der Waals surface area (Å²) in [4.78, 5) is 22.1. The molecule has 0 aliphatic heterocycles. The Morgan fingerprint density at radius 3 is 2.29 bits per heavy atom. The van der Waals surface area contributed by atoms with E-state index in [1.807, 2.05) is 0 Å². The fourth-order valence-corrected chi connectivity index (χ4v) is 1.60. The molecule has 0 saturated heterocycles.